The molecule has 0 saturated heterocycles. The first-order chi connectivity index (χ1) is 18.1. The number of rotatable bonds is 7. The number of amides is 1. The van der Waals surface area contributed by atoms with Gasteiger partial charge in [0.2, 0.25) is 0 Å². The molecule has 0 atom stereocenters. The van der Waals surface area contributed by atoms with Gasteiger partial charge in [-0.05, 0) is 48.0 Å². The minimum absolute atomic E-state index is 0.140. The third-order valence-corrected chi connectivity index (χ3v) is 6.45. The van der Waals surface area contributed by atoms with Gasteiger partial charge < -0.3 is 19.5 Å². The van der Waals surface area contributed by atoms with Gasteiger partial charge in [0.1, 0.15) is 5.75 Å². The molecule has 0 aliphatic rings. The summed E-state index contributed by atoms with van der Waals surface area (Å²) < 4.78 is 18.4. The van der Waals surface area contributed by atoms with Crippen LogP contribution in [0.1, 0.15) is 5.56 Å². The van der Waals surface area contributed by atoms with Crippen LogP contribution in [-0.2, 0) is 11.3 Å². The third-order valence-electron chi connectivity index (χ3n) is 6.45. The fourth-order valence-electron chi connectivity index (χ4n) is 4.79. The van der Waals surface area contributed by atoms with Gasteiger partial charge in [0.15, 0.2) is 18.1 Å². The first-order valence-electron chi connectivity index (χ1n) is 11.6. The van der Waals surface area contributed by atoms with Gasteiger partial charge in [0, 0.05) is 41.3 Å². The Morgan fingerprint density at radius 3 is 2.68 bits per heavy atom. The molecule has 1 amide bonds. The molecular weight excluding hydrogens is 472 g/mol. The summed E-state index contributed by atoms with van der Waals surface area (Å²) in [5.74, 6) is 1.11. The zero-order valence-corrected chi connectivity index (χ0v) is 20.1. The summed E-state index contributed by atoms with van der Waals surface area (Å²) in [6.45, 7) is 0.230. The number of nitrogens with one attached hydrogen (secondary N) is 1. The smallest absolute Gasteiger partial charge is 0.267 e. The fraction of sp³-hybridized carbons (Fsp3) is 0.143. The Balaban J connectivity index is 1.41. The van der Waals surface area contributed by atoms with Crippen molar-refractivity contribution in [3.8, 4) is 17.2 Å². The van der Waals surface area contributed by atoms with Crippen molar-refractivity contribution in [3.63, 3.8) is 0 Å². The van der Waals surface area contributed by atoms with Crippen molar-refractivity contribution >= 4 is 44.0 Å². The number of aromatic nitrogens is 3. The first kappa shape index (κ1) is 22.5. The maximum absolute atomic E-state index is 13.8. The molecule has 9 nitrogen and oxygen atoms in total. The number of hydrogen-bond acceptors (Lipinski definition) is 7. The zero-order valence-electron chi connectivity index (χ0n) is 20.1. The van der Waals surface area contributed by atoms with E-state index in [9.17, 15) is 9.59 Å². The molecule has 6 rings (SSSR count). The highest BCUT2D eigenvalue weighted by Crippen LogP contribution is 2.39. The van der Waals surface area contributed by atoms with E-state index in [0.717, 1.165) is 16.3 Å². The maximum atomic E-state index is 13.8. The van der Waals surface area contributed by atoms with Crippen molar-refractivity contribution in [1.29, 1.82) is 0 Å². The van der Waals surface area contributed by atoms with E-state index < -0.39 is 0 Å². The van der Waals surface area contributed by atoms with Crippen LogP contribution in [0.2, 0.25) is 0 Å². The number of benzene rings is 2. The molecule has 2 aromatic carbocycles. The van der Waals surface area contributed by atoms with Crippen LogP contribution in [0.25, 0.3) is 38.1 Å². The maximum Gasteiger partial charge on any atom is 0.267 e. The average molecular weight is 495 g/mol. The van der Waals surface area contributed by atoms with Crippen LogP contribution in [0.4, 0.5) is 0 Å². The number of carbonyl (C=O) groups excluding carboxylic acids is 1. The summed E-state index contributed by atoms with van der Waals surface area (Å²) >= 11 is 0. The van der Waals surface area contributed by atoms with Gasteiger partial charge in [-0.15, -0.1) is 0 Å². The second kappa shape index (κ2) is 8.94. The van der Waals surface area contributed by atoms with E-state index in [1.165, 1.54) is 14.2 Å². The predicted molar refractivity (Wildman–Crippen MR) is 140 cm³/mol. The van der Waals surface area contributed by atoms with Crippen molar-refractivity contribution in [2.45, 2.75) is 6.54 Å². The molecule has 6 aromatic rings. The summed E-state index contributed by atoms with van der Waals surface area (Å²) in [6.07, 6.45) is 5.10. The minimum Gasteiger partial charge on any atom is -0.493 e. The number of ether oxygens (including phenoxy) is 3. The molecule has 1 N–H and O–H groups in total. The Morgan fingerprint density at radius 1 is 1.00 bits per heavy atom. The molecule has 0 aliphatic carbocycles. The Hall–Kier alpha value is -4.92. The van der Waals surface area contributed by atoms with Gasteiger partial charge >= 0.3 is 0 Å². The Morgan fingerprint density at radius 2 is 1.89 bits per heavy atom. The normalized spacial score (nSPS) is 11.4. The van der Waals surface area contributed by atoms with E-state index >= 15 is 0 Å². The SMILES string of the molecule is COc1ccc2c(c1OC)c(=O)n1c3ccc(OCC(=O)NCc4cccnc4)cc3c3ccnc2c31. The lowest BCUT2D eigenvalue weighted by atomic mass is 10.1. The van der Waals surface area contributed by atoms with E-state index in [1.54, 1.807) is 35.1 Å². The van der Waals surface area contributed by atoms with E-state index in [2.05, 4.69) is 15.3 Å². The summed E-state index contributed by atoms with van der Waals surface area (Å²) in [5, 5.41) is 5.58. The lowest BCUT2D eigenvalue weighted by molar-refractivity contribution is -0.123. The van der Waals surface area contributed by atoms with Gasteiger partial charge in [-0.2, -0.15) is 0 Å². The molecule has 4 heterocycles. The van der Waals surface area contributed by atoms with Crippen molar-refractivity contribution in [2.24, 2.45) is 0 Å². The van der Waals surface area contributed by atoms with Crippen LogP contribution in [0.3, 0.4) is 0 Å². The number of methoxy groups -OCH3 is 2. The highest BCUT2D eigenvalue weighted by atomic mass is 16.5. The lowest BCUT2D eigenvalue weighted by Crippen LogP contribution is -2.28. The summed E-state index contributed by atoms with van der Waals surface area (Å²) in [6, 6.07) is 14.6. The van der Waals surface area contributed by atoms with Crippen molar-refractivity contribution in [1.82, 2.24) is 19.7 Å². The fourth-order valence-corrected chi connectivity index (χ4v) is 4.79. The van der Waals surface area contributed by atoms with Crippen LogP contribution >= 0.6 is 0 Å². The van der Waals surface area contributed by atoms with Crippen molar-refractivity contribution in [2.75, 3.05) is 20.8 Å². The molecule has 0 fully saturated rings. The number of hydrogen-bond donors (Lipinski definition) is 1. The zero-order chi connectivity index (χ0) is 25.5. The second-order valence-corrected chi connectivity index (χ2v) is 8.53. The molecule has 184 valence electrons. The number of nitrogens with zero attached hydrogens (tertiary/aromatic N) is 3. The Kier molecular flexibility index (Phi) is 5.45. The van der Waals surface area contributed by atoms with Gasteiger partial charge in [0.25, 0.3) is 11.5 Å². The monoisotopic (exact) mass is 494 g/mol. The molecule has 0 saturated carbocycles. The van der Waals surface area contributed by atoms with E-state index in [0.29, 0.717) is 51.1 Å². The molecule has 0 aliphatic heterocycles. The van der Waals surface area contributed by atoms with Crippen LogP contribution < -0.4 is 25.1 Å². The van der Waals surface area contributed by atoms with E-state index in [-0.39, 0.29) is 18.1 Å². The molecule has 9 heteroatoms. The molecular formula is C28H22N4O5. The highest BCUT2D eigenvalue weighted by Gasteiger charge is 2.22. The number of fused-ring (bicyclic) bond motifs is 5. The second-order valence-electron chi connectivity index (χ2n) is 8.53. The number of pyridine rings is 3. The summed E-state index contributed by atoms with van der Waals surface area (Å²) in [4.78, 5) is 34.8. The van der Waals surface area contributed by atoms with Gasteiger partial charge in [-0.25, -0.2) is 0 Å². The van der Waals surface area contributed by atoms with Crippen LogP contribution in [0.15, 0.2) is 71.9 Å². The standard InChI is InChI=1S/C28H22N4O5/c1-35-22-8-6-19-24(27(22)36-2)28(34)32-21-7-5-17(12-20(21)18-9-11-30-25(19)26(18)32)37-15-23(33)31-14-16-4-3-10-29-13-16/h3-13H,14-15H2,1-2H3,(H,31,33). The Bertz CT molecular complexity index is 1850. The average Bonchev–Trinajstić information content (AvgIpc) is 3.28. The highest BCUT2D eigenvalue weighted by molar-refractivity contribution is 6.19. The Labute approximate surface area is 210 Å². The topological polar surface area (TPSA) is 104 Å². The van der Waals surface area contributed by atoms with Gasteiger partial charge in [0.05, 0.1) is 36.2 Å². The van der Waals surface area contributed by atoms with Crippen LogP contribution in [-0.4, -0.2) is 41.1 Å². The quantitative estimate of drug-likeness (QED) is 0.338. The molecule has 0 radical (unpaired) electrons. The van der Waals surface area contributed by atoms with E-state index in [4.69, 9.17) is 14.2 Å². The van der Waals surface area contributed by atoms with Crippen LogP contribution in [0, 0.1) is 0 Å². The summed E-state index contributed by atoms with van der Waals surface area (Å²) in [7, 11) is 3.05. The third kappa shape index (κ3) is 3.63. The van der Waals surface area contributed by atoms with Crippen molar-refractivity contribution < 1.29 is 19.0 Å². The van der Waals surface area contributed by atoms with Gasteiger partial charge in [-0.1, -0.05) is 6.07 Å². The largest absolute Gasteiger partial charge is 0.493 e. The molecule has 0 bridgehead atoms. The molecule has 37 heavy (non-hydrogen) atoms. The van der Waals surface area contributed by atoms with E-state index in [1.807, 2.05) is 36.4 Å². The van der Waals surface area contributed by atoms with Gasteiger partial charge in [-0.3, -0.25) is 24.0 Å². The number of carbonyl (C=O) groups is 1. The van der Waals surface area contributed by atoms with Crippen molar-refractivity contribution in [3.05, 3.63) is 83.0 Å². The molecule has 0 spiro atoms. The minimum atomic E-state index is -0.248. The summed E-state index contributed by atoms with van der Waals surface area (Å²) in [5.41, 5.74) is 2.78. The van der Waals surface area contributed by atoms with Crippen LogP contribution in [0.5, 0.6) is 17.2 Å². The molecule has 4 aromatic heterocycles. The first-order valence-corrected chi connectivity index (χ1v) is 11.6. The molecule has 0 unspecified atom stereocenters. The predicted octanol–water partition coefficient (Wildman–Crippen LogP) is 3.70. The lowest BCUT2D eigenvalue weighted by Gasteiger charge is -2.12.